The summed E-state index contributed by atoms with van der Waals surface area (Å²) in [6.45, 7) is 1.84. The minimum absolute atomic E-state index is 0.0171. The van der Waals surface area contributed by atoms with Crippen molar-refractivity contribution in [2.75, 3.05) is 0 Å². The van der Waals surface area contributed by atoms with E-state index in [-0.39, 0.29) is 5.43 Å². The lowest BCUT2D eigenvalue weighted by atomic mass is 10.5. The van der Waals surface area contributed by atoms with E-state index in [4.69, 9.17) is 0 Å². The lowest BCUT2D eigenvalue weighted by Gasteiger charge is -1.86. The Labute approximate surface area is 62.5 Å². The van der Waals surface area contributed by atoms with Crippen LogP contribution in [0, 0.1) is 6.92 Å². The number of hydrogen-bond donors (Lipinski definition) is 1. The molecular weight excluding hydrogens is 142 g/mol. The Balaban J connectivity index is 2.92. The minimum atomic E-state index is -0.0171. The second kappa shape index (κ2) is 1.95. The molecule has 0 radical (unpaired) electrons. The number of pyridine rings is 1. The van der Waals surface area contributed by atoms with Crippen LogP contribution in [-0.4, -0.2) is 14.6 Å². The van der Waals surface area contributed by atoms with Gasteiger partial charge in [-0.3, -0.25) is 9.89 Å². The van der Waals surface area contributed by atoms with Crippen LogP contribution in [0.3, 0.4) is 0 Å². The first-order chi connectivity index (χ1) is 5.25. The summed E-state index contributed by atoms with van der Waals surface area (Å²) in [7, 11) is 0. The largest absolute Gasteiger partial charge is 0.290 e. The lowest BCUT2D eigenvalue weighted by Crippen LogP contribution is -1.98. The molecule has 1 N–H and O–H groups in total. The third kappa shape index (κ3) is 0.920. The molecule has 4 heteroatoms. The van der Waals surface area contributed by atoms with Gasteiger partial charge in [-0.25, -0.2) is 9.50 Å². The second-order valence-electron chi connectivity index (χ2n) is 2.40. The Hall–Kier alpha value is -1.58. The number of fused-ring (bicyclic) bond motifs is 1. The van der Waals surface area contributed by atoms with Crippen LogP contribution in [0.15, 0.2) is 23.1 Å². The molecule has 2 aromatic rings. The molecule has 0 saturated heterocycles. The van der Waals surface area contributed by atoms with E-state index in [1.807, 2.05) is 6.92 Å². The van der Waals surface area contributed by atoms with Crippen molar-refractivity contribution in [1.82, 2.24) is 14.6 Å². The zero-order valence-corrected chi connectivity index (χ0v) is 6.03. The first-order valence-electron chi connectivity index (χ1n) is 3.31. The number of aromatic nitrogens is 3. The van der Waals surface area contributed by atoms with Crippen molar-refractivity contribution in [3.8, 4) is 0 Å². The Morgan fingerprint density at radius 3 is 3.27 bits per heavy atom. The summed E-state index contributed by atoms with van der Waals surface area (Å²) in [6, 6.07) is 2.98. The highest BCUT2D eigenvalue weighted by molar-refractivity contribution is 5.35. The normalized spacial score (nSPS) is 10.6. The van der Waals surface area contributed by atoms with Crippen molar-refractivity contribution < 1.29 is 0 Å². The maximum absolute atomic E-state index is 10.8. The fourth-order valence-corrected chi connectivity index (χ4v) is 1.02. The van der Waals surface area contributed by atoms with Gasteiger partial charge in [-0.1, -0.05) is 0 Å². The molecule has 0 spiro atoms. The Bertz CT molecular complexity index is 440. The van der Waals surface area contributed by atoms with Crippen LogP contribution in [0.1, 0.15) is 5.82 Å². The van der Waals surface area contributed by atoms with Crippen molar-refractivity contribution in [2.45, 2.75) is 6.92 Å². The zero-order chi connectivity index (χ0) is 7.84. The molecule has 0 fully saturated rings. The van der Waals surface area contributed by atoms with Gasteiger partial charge >= 0.3 is 0 Å². The summed E-state index contributed by atoms with van der Waals surface area (Å²) in [6.07, 6.45) is 1.66. The molecule has 0 aliphatic carbocycles. The maximum atomic E-state index is 10.8. The fraction of sp³-hybridized carbons (Fsp3) is 0.143. The average Bonchev–Trinajstić information content (AvgIpc) is 2.27. The molecule has 2 rings (SSSR count). The molecule has 56 valence electrons. The number of aromatic amines is 1. The first kappa shape index (κ1) is 6.15. The van der Waals surface area contributed by atoms with E-state index < -0.39 is 0 Å². The standard InChI is InChI=1S/C7H7N3O/c1-5-8-7-4-6(11)2-3-10(7)9-5/h2-4H,1H3,(H,8,9). The SMILES string of the molecule is Cc1nc2cc(=O)ccn2[nH]1. The third-order valence-electron chi connectivity index (χ3n) is 1.47. The second-order valence-corrected chi connectivity index (χ2v) is 2.40. The summed E-state index contributed by atoms with van der Waals surface area (Å²) < 4.78 is 1.71. The summed E-state index contributed by atoms with van der Waals surface area (Å²) in [4.78, 5) is 14.9. The van der Waals surface area contributed by atoms with E-state index in [9.17, 15) is 4.79 Å². The molecular formula is C7H7N3O. The number of hydrogen-bond acceptors (Lipinski definition) is 2. The van der Waals surface area contributed by atoms with Gasteiger partial charge in [0.25, 0.3) is 0 Å². The number of H-pyrrole nitrogens is 1. The van der Waals surface area contributed by atoms with Crippen LogP contribution in [0.5, 0.6) is 0 Å². The van der Waals surface area contributed by atoms with E-state index >= 15 is 0 Å². The van der Waals surface area contributed by atoms with Crippen molar-refractivity contribution in [3.05, 3.63) is 34.4 Å². The van der Waals surface area contributed by atoms with Gasteiger partial charge in [0.1, 0.15) is 5.82 Å². The molecule has 0 atom stereocenters. The molecule has 4 nitrogen and oxygen atoms in total. The molecule has 0 amide bonds. The van der Waals surface area contributed by atoms with E-state index in [1.54, 1.807) is 10.7 Å². The Morgan fingerprint density at radius 2 is 2.45 bits per heavy atom. The van der Waals surface area contributed by atoms with E-state index in [2.05, 4.69) is 10.1 Å². The summed E-state index contributed by atoms with van der Waals surface area (Å²) in [5, 5.41) is 2.95. The van der Waals surface area contributed by atoms with Gasteiger partial charge in [-0.05, 0) is 6.92 Å². The van der Waals surface area contributed by atoms with Gasteiger partial charge in [0, 0.05) is 18.3 Å². The topological polar surface area (TPSA) is 50.2 Å². The van der Waals surface area contributed by atoms with E-state index in [0.29, 0.717) is 5.65 Å². The van der Waals surface area contributed by atoms with Crippen molar-refractivity contribution >= 4 is 5.65 Å². The summed E-state index contributed by atoms with van der Waals surface area (Å²) >= 11 is 0. The zero-order valence-electron chi connectivity index (χ0n) is 6.03. The maximum Gasteiger partial charge on any atom is 0.183 e. The summed E-state index contributed by atoms with van der Waals surface area (Å²) in [5.74, 6) is 0.801. The average molecular weight is 149 g/mol. The van der Waals surface area contributed by atoms with Gasteiger partial charge in [-0.2, -0.15) is 0 Å². The van der Waals surface area contributed by atoms with Crippen molar-refractivity contribution in [2.24, 2.45) is 0 Å². The number of rotatable bonds is 0. The van der Waals surface area contributed by atoms with Crippen LogP contribution in [0.4, 0.5) is 0 Å². The predicted octanol–water partition coefficient (Wildman–Crippen LogP) is 0.331. The van der Waals surface area contributed by atoms with Gasteiger partial charge in [0.2, 0.25) is 0 Å². The molecule has 0 unspecified atom stereocenters. The van der Waals surface area contributed by atoms with Crippen LogP contribution in [0.25, 0.3) is 5.65 Å². The van der Waals surface area contributed by atoms with Gasteiger partial charge in [-0.15, -0.1) is 0 Å². The molecule has 0 saturated carbocycles. The highest BCUT2D eigenvalue weighted by atomic mass is 16.1. The molecule has 2 heterocycles. The van der Waals surface area contributed by atoms with E-state index in [1.165, 1.54) is 12.1 Å². The van der Waals surface area contributed by atoms with Crippen LogP contribution in [0.2, 0.25) is 0 Å². The lowest BCUT2D eigenvalue weighted by molar-refractivity contribution is 0.929. The van der Waals surface area contributed by atoms with Gasteiger partial charge in [0.05, 0.1) is 0 Å². The molecule has 0 bridgehead atoms. The smallest absolute Gasteiger partial charge is 0.183 e. The Kier molecular flexibility index (Phi) is 1.09. The molecule has 11 heavy (non-hydrogen) atoms. The summed E-state index contributed by atoms with van der Waals surface area (Å²) in [5.41, 5.74) is 0.645. The van der Waals surface area contributed by atoms with Crippen molar-refractivity contribution in [3.63, 3.8) is 0 Å². The molecule has 0 aliphatic rings. The van der Waals surface area contributed by atoms with Crippen LogP contribution < -0.4 is 5.43 Å². The third-order valence-corrected chi connectivity index (χ3v) is 1.47. The molecule has 0 aliphatic heterocycles. The fourth-order valence-electron chi connectivity index (χ4n) is 1.02. The predicted molar refractivity (Wildman–Crippen MR) is 40.5 cm³/mol. The quantitative estimate of drug-likeness (QED) is 0.586. The highest BCUT2D eigenvalue weighted by Gasteiger charge is 1.95. The number of nitrogens with zero attached hydrogens (tertiary/aromatic N) is 2. The van der Waals surface area contributed by atoms with E-state index in [0.717, 1.165) is 5.82 Å². The monoisotopic (exact) mass is 149 g/mol. The van der Waals surface area contributed by atoms with Crippen LogP contribution >= 0.6 is 0 Å². The Morgan fingerprint density at radius 1 is 1.64 bits per heavy atom. The number of aryl methyl sites for hydroxylation is 1. The van der Waals surface area contributed by atoms with Crippen molar-refractivity contribution in [1.29, 1.82) is 0 Å². The highest BCUT2D eigenvalue weighted by Crippen LogP contribution is 1.94. The molecule has 2 aromatic heterocycles. The van der Waals surface area contributed by atoms with Gasteiger partial charge in [0.15, 0.2) is 11.1 Å². The van der Waals surface area contributed by atoms with Crippen LogP contribution in [-0.2, 0) is 0 Å². The van der Waals surface area contributed by atoms with Gasteiger partial charge < -0.3 is 0 Å². The molecule has 0 aromatic carbocycles. The minimum Gasteiger partial charge on any atom is -0.290 e. The number of nitrogens with one attached hydrogen (secondary N) is 1. The first-order valence-corrected chi connectivity index (χ1v) is 3.31.